The molecule has 0 aliphatic rings. The van der Waals surface area contributed by atoms with Crippen LogP contribution in [0.3, 0.4) is 0 Å². The van der Waals surface area contributed by atoms with Gasteiger partial charge < -0.3 is 9.84 Å². The highest BCUT2D eigenvalue weighted by Gasteiger charge is 2.18. The number of aliphatic hydroxyl groups is 1. The fourth-order valence-corrected chi connectivity index (χ4v) is 1.46. The first-order chi connectivity index (χ1) is 7.65. The van der Waals surface area contributed by atoms with Crippen LogP contribution in [-0.4, -0.2) is 17.7 Å². The molecule has 0 saturated heterocycles. The Morgan fingerprint density at radius 2 is 2.25 bits per heavy atom. The molecule has 0 heterocycles. The third-order valence-corrected chi connectivity index (χ3v) is 2.26. The van der Waals surface area contributed by atoms with Crippen molar-refractivity contribution in [2.24, 2.45) is 0 Å². The van der Waals surface area contributed by atoms with Crippen molar-refractivity contribution in [2.45, 2.75) is 20.5 Å². The van der Waals surface area contributed by atoms with Crippen molar-refractivity contribution in [3.63, 3.8) is 0 Å². The van der Waals surface area contributed by atoms with Gasteiger partial charge in [-0.2, -0.15) is 5.26 Å². The van der Waals surface area contributed by atoms with Gasteiger partial charge in [0.05, 0.1) is 24.3 Å². The third kappa shape index (κ3) is 2.20. The Kier molecular flexibility index (Phi) is 4.03. The van der Waals surface area contributed by atoms with Crippen LogP contribution in [0.2, 0.25) is 0 Å². The lowest BCUT2D eigenvalue weighted by molar-refractivity contribution is 0.0522. The number of nitriles is 1. The molecule has 4 nitrogen and oxygen atoms in total. The fraction of sp³-hybridized carbons (Fsp3) is 0.333. The van der Waals surface area contributed by atoms with Crippen molar-refractivity contribution < 1.29 is 14.6 Å². The first kappa shape index (κ1) is 12.2. The zero-order chi connectivity index (χ0) is 12.1. The zero-order valence-corrected chi connectivity index (χ0v) is 9.28. The summed E-state index contributed by atoms with van der Waals surface area (Å²) in [5.74, 6) is -0.563. The molecule has 0 amide bonds. The average molecular weight is 219 g/mol. The van der Waals surface area contributed by atoms with E-state index in [4.69, 9.17) is 15.1 Å². The number of carbonyl (C=O) groups excluding carboxylic acids is 1. The normalized spacial score (nSPS) is 9.62. The molecule has 1 aromatic carbocycles. The molecule has 4 heteroatoms. The Morgan fingerprint density at radius 1 is 1.56 bits per heavy atom. The Morgan fingerprint density at radius 3 is 2.75 bits per heavy atom. The highest BCUT2D eigenvalue weighted by molar-refractivity contribution is 5.94. The van der Waals surface area contributed by atoms with Gasteiger partial charge in [-0.15, -0.1) is 0 Å². The van der Waals surface area contributed by atoms with Crippen molar-refractivity contribution >= 4 is 5.97 Å². The molecule has 0 saturated carbocycles. The molecule has 0 spiro atoms. The van der Waals surface area contributed by atoms with E-state index >= 15 is 0 Å². The molecular formula is C12H13NO3. The van der Waals surface area contributed by atoms with Gasteiger partial charge in [0, 0.05) is 0 Å². The Labute approximate surface area is 94.1 Å². The summed E-state index contributed by atoms with van der Waals surface area (Å²) in [7, 11) is 0. The second kappa shape index (κ2) is 5.29. The quantitative estimate of drug-likeness (QED) is 0.783. The molecule has 0 aliphatic heterocycles. The molecule has 1 rings (SSSR count). The number of esters is 1. The summed E-state index contributed by atoms with van der Waals surface area (Å²) in [4.78, 5) is 11.7. The molecule has 0 aliphatic carbocycles. The van der Waals surface area contributed by atoms with E-state index in [9.17, 15) is 4.79 Å². The number of aliphatic hydroxyl groups excluding tert-OH is 1. The second-order valence-electron chi connectivity index (χ2n) is 3.28. The average Bonchev–Trinajstić information content (AvgIpc) is 2.28. The minimum Gasteiger partial charge on any atom is -0.462 e. The number of carbonyl (C=O) groups is 1. The monoisotopic (exact) mass is 219 g/mol. The van der Waals surface area contributed by atoms with Gasteiger partial charge in [0.15, 0.2) is 0 Å². The highest BCUT2D eigenvalue weighted by Crippen LogP contribution is 2.19. The van der Waals surface area contributed by atoms with Crippen LogP contribution < -0.4 is 0 Å². The summed E-state index contributed by atoms with van der Waals surface area (Å²) >= 11 is 0. The standard InChI is InChI=1S/C12H13NO3/c1-3-16-12(15)11-9(7-14)5-4-8(2)10(11)6-13/h4-5,14H,3,7H2,1-2H3. The van der Waals surface area contributed by atoms with E-state index in [1.165, 1.54) is 0 Å². The van der Waals surface area contributed by atoms with Crippen LogP contribution in [0.15, 0.2) is 12.1 Å². The van der Waals surface area contributed by atoms with E-state index < -0.39 is 5.97 Å². The number of aryl methyl sites for hydroxylation is 1. The van der Waals surface area contributed by atoms with Crippen LogP contribution in [0, 0.1) is 18.3 Å². The molecule has 1 N–H and O–H groups in total. The number of nitrogens with zero attached hydrogens (tertiary/aromatic N) is 1. The van der Waals surface area contributed by atoms with Crippen LogP contribution in [0.1, 0.15) is 34.0 Å². The third-order valence-electron chi connectivity index (χ3n) is 2.26. The lowest BCUT2D eigenvalue weighted by Crippen LogP contribution is -2.11. The summed E-state index contributed by atoms with van der Waals surface area (Å²) in [6, 6.07) is 5.29. The molecule has 1 aromatic rings. The van der Waals surface area contributed by atoms with Gasteiger partial charge in [-0.05, 0) is 25.0 Å². The minimum atomic E-state index is -0.563. The lowest BCUT2D eigenvalue weighted by Gasteiger charge is -2.10. The van der Waals surface area contributed by atoms with Crippen LogP contribution in [-0.2, 0) is 11.3 Å². The summed E-state index contributed by atoms with van der Waals surface area (Å²) in [6.07, 6.45) is 0. The van der Waals surface area contributed by atoms with Crippen molar-refractivity contribution in [3.05, 3.63) is 34.4 Å². The summed E-state index contributed by atoms with van der Waals surface area (Å²) in [6.45, 7) is 3.38. The maximum atomic E-state index is 11.7. The van der Waals surface area contributed by atoms with Crippen LogP contribution in [0.4, 0.5) is 0 Å². The molecule has 16 heavy (non-hydrogen) atoms. The number of hydrogen-bond donors (Lipinski definition) is 1. The molecule has 0 fully saturated rings. The molecule has 0 radical (unpaired) electrons. The predicted molar refractivity (Wildman–Crippen MR) is 57.8 cm³/mol. The molecule has 0 bridgehead atoms. The van der Waals surface area contributed by atoms with Gasteiger partial charge in [0.2, 0.25) is 0 Å². The van der Waals surface area contributed by atoms with Gasteiger partial charge in [-0.3, -0.25) is 0 Å². The summed E-state index contributed by atoms with van der Waals surface area (Å²) < 4.78 is 4.87. The van der Waals surface area contributed by atoms with Crippen LogP contribution in [0.5, 0.6) is 0 Å². The van der Waals surface area contributed by atoms with E-state index in [1.54, 1.807) is 26.0 Å². The smallest absolute Gasteiger partial charge is 0.339 e. The highest BCUT2D eigenvalue weighted by atomic mass is 16.5. The van der Waals surface area contributed by atoms with Crippen LogP contribution >= 0.6 is 0 Å². The van der Waals surface area contributed by atoms with Crippen molar-refractivity contribution in [3.8, 4) is 6.07 Å². The number of hydrogen-bond acceptors (Lipinski definition) is 4. The van der Waals surface area contributed by atoms with E-state index in [1.807, 2.05) is 6.07 Å². The minimum absolute atomic E-state index is 0.173. The Balaban J connectivity index is 3.37. The lowest BCUT2D eigenvalue weighted by atomic mass is 9.98. The maximum Gasteiger partial charge on any atom is 0.339 e. The summed E-state index contributed by atoms with van der Waals surface area (Å²) in [5, 5.41) is 18.1. The van der Waals surface area contributed by atoms with E-state index in [0.29, 0.717) is 11.1 Å². The van der Waals surface area contributed by atoms with Gasteiger partial charge in [-0.1, -0.05) is 12.1 Å². The van der Waals surface area contributed by atoms with E-state index in [0.717, 1.165) is 0 Å². The second-order valence-corrected chi connectivity index (χ2v) is 3.28. The molecular weight excluding hydrogens is 206 g/mol. The largest absolute Gasteiger partial charge is 0.462 e. The maximum absolute atomic E-state index is 11.7. The van der Waals surface area contributed by atoms with E-state index in [-0.39, 0.29) is 24.3 Å². The zero-order valence-electron chi connectivity index (χ0n) is 9.28. The topological polar surface area (TPSA) is 70.3 Å². The Bertz CT molecular complexity index is 446. The van der Waals surface area contributed by atoms with Gasteiger partial charge in [0.25, 0.3) is 0 Å². The SMILES string of the molecule is CCOC(=O)c1c(CO)ccc(C)c1C#N. The van der Waals surface area contributed by atoms with E-state index in [2.05, 4.69) is 0 Å². The van der Waals surface area contributed by atoms with Crippen molar-refractivity contribution in [2.75, 3.05) is 6.61 Å². The van der Waals surface area contributed by atoms with Crippen LogP contribution in [0.25, 0.3) is 0 Å². The van der Waals surface area contributed by atoms with Gasteiger partial charge in [-0.25, -0.2) is 4.79 Å². The molecule has 84 valence electrons. The number of ether oxygens (including phenoxy) is 1. The first-order valence-electron chi connectivity index (χ1n) is 4.96. The van der Waals surface area contributed by atoms with Gasteiger partial charge in [0.1, 0.15) is 6.07 Å². The molecule has 0 unspecified atom stereocenters. The Hall–Kier alpha value is -1.86. The summed E-state index contributed by atoms with van der Waals surface area (Å²) in [5.41, 5.74) is 1.56. The molecule has 0 atom stereocenters. The predicted octanol–water partition coefficient (Wildman–Crippen LogP) is 1.54. The number of rotatable bonds is 3. The van der Waals surface area contributed by atoms with Crippen molar-refractivity contribution in [1.29, 1.82) is 5.26 Å². The van der Waals surface area contributed by atoms with Crippen molar-refractivity contribution in [1.82, 2.24) is 0 Å². The molecule has 0 aromatic heterocycles. The fourth-order valence-electron chi connectivity index (χ4n) is 1.46. The first-order valence-corrected chi connectivity index (χ1v) is 4.96. The van der Waals surface area contributed by atoms with Gasteiger partial charge >= 0.3 is 5.97 Å². The number of benzene rings is 1.